The van der Waals surface area contributed by atoms with E-state index in [0.29, 0.717) is 5.41 Å². The first-order valence-corrected chi connectivity index (χ1v) is 4.83. The largest absolute Gasteiger partial charge is 0.103 e. The molecule has 2 fully saturated rings. The second-order valence-corrected chi connectivity index (χ2v) is 4.04. The van der Waals surface area contributed by atoms with E-state index in [1.807, 2.05) is 6.08 Å². The monoisotopic (exact) mass is 160 g/mol. The van der Waals surface area contributed by atoms with Gasteiger partial charge in [0.15, 0.2) is 0 Å². The van der Waals surface area contributed by atoms with E-state index in [2.05, 4.69) is 24.8 Å². The van der Waals surface area contributed by atoms with Crippen LogP contribution in [0.4, 0.5) is 0 Å². The molecular formula is C12H16. The summed E-state index contributed by atoms with van der Waals surface area (Å²) in [4.78, 5) is 0. The Morgan fingerprint density at radius 3 is 2.58 bits per heavy atom. The van der Waals surface area contributed by atoms with Crippen molar-refractivity contribution in [2.45, 2.75) is 32.1 Å². The van der Waals surface area contributed by atoms with E-state index >= 15 is 0 Å². The molecule has 0 radical (unpaired) electrons. The lowest BCUT2D eigenvalue weighted by Crippen LogP contribution is -1.90. The molecule has 64 valence electrons. The molecule has 0 nitrogen and oxygen atoms in total. The van der Waals surface area contributed by atoms with Crippen LogP contribution in [0.5, 0.6) is 0 Å². The molecule has 0 amide bonds. The molecule has 0 heteroatoms. The first-order chi connectivity index (χ1) is 5.85. The first kappa shape index (κ1) is 7.85. The van der Waals surface area contributed by atoms with Crippen molar-refractivity contribution in [1.82, 2.24) is 0 Å². The number of rotatable bonds is 4. The van der Waals surface area contributed by atoms with Crippen LogP contribution in [0, 0.1) is 5.41 Å². The van der Waals surface area contributed by atoms with Crippen LogP contribution in [0.1, 0.15) is 32.1 Å². The summed E-state index contributed by atoms with van der Waals surface area (Å²) in [6.45, 7) is 3.79. The van der Waals surface area contributed by atoms with E-state index in [0.717, 1.165) is 6.42 Å². The topological polar surface area (TPSA) is 0 Å². The zero-order valence-corrected chi connectivity index (χ0v) is 7.55. The minimum absolute atomic E-state index is 0.522. The Morgan fingerprint density at radius 2 is 2.08 bits per heavy atom. The van der Waals surface area contributed by atoms with Gasteiger partial charge >= 0.3 is 0 Å². The Bertz CT molecular complexity index is 233. The second kappa shape index (κ2) is 2.93. The summed E-state index contributed by atoms with van der Waals surface area (Å²) in [5.41, 5.74) is 2.13. The van der Waals surface area contributed by atoms with Crippen LogP contribution < -0.4 is 0 Å². The van der Waals surface area contributed by atoms with Crippen molar-refractivity contribution in [2.24, 2.45) is 5.41 Å². The van der Waals surface area contributed by atoms with Gasteiger partial charge in [0.05, 0.1) is 0 Å². The maximum absolute atomic E-state index is 3.79. The van der Waals surface area contributed by atoms with E-state index in [1.165, 1.54) is 25.7 Å². The van der Waals surface area contributed by atoms with E-state index in [4.69, 9.17) is 0 Å². The first-order valence-electron chi connectivity index (χ1n) is 4.83. The molecule has 0 N–H and O–H groups in total. The highest BCUT2D eigenvalue weighted by Gasteiger charge is 2.38. The van der Waals surface area contributed by atoms with Gasteiger partial charge in [-0.3, -0.25) is 0 Å². The molecule has 0 unspecified atom stereocenters. The zero-order valence-electron chi connectivity index (χ0n) is 7.55. The van der Waals surface area contributed by atoms with Gasteiger partial charge in [0, 0.05) is 0 Å². The Balaban J connectivity index is 1.87. The van der Waals surface area contributed by atoms with Gasteiger partial charge in [-0.05, 0) is 37.5 Å². The minimum atomic E-state index is 0.522. The van der Waals surface area contributed by atoms with E-state index in [9.17, 15) is 0 Å². The van der Waals surface area contributed by atoms with Crippen molar-refractivity contribution in [3.63, 3.8) is 0 Å². The van der Waals surface area contributed by atoms with Crippen LogP contribution in [-0.2, 0) is 0 Å². The minimum Gasteiger partial charge on any atom is -0.103 e. The Kier molecular flexibility index (Phi) is 1.92. The van der Waals surface area contributed by atoms with Crippen LogP contribution in [0.2, 0.25) is 0 Å². The van der Waals surface area contributed by atoms with Crippen molar-refractivity contribution < 1.29 is 0 Å². The van der Waals surface area contributed by atoms with Gasteiger partial charge in [-0.1, -0.05) is 29.9 Å². The fourth-order valence-electron chi connectivity index (χ4n) is 1.51. The van der Waals surface area contributed by atoms with Crippen molar-refractivity contribution in [3.8, 4) is 0 Å². The predicted molar refractivity (Wildman–Crippen MR) is 52.9 cm³/mol. The maximum Gasteiger partial charge on any atom is -0.00801 e. The molecule has 0 bridgehead atoms. The molecule has 0 aliphatic heterocycles. The highest BCUT2D eigenvalue weighted by atomic mass is 14.4. The third-order valence-electron chi connectivity index (χ3n) is 2.76. The molecule has 0 atom stereocenters. The molecule has 2 rings (SSSR count). The smallest absolute Gasteiger partial charge is 0.00801 e. The van der Waals surface area contributed by atoms with Gasteiger partial charge in [-0.25, -0.2) is 0 Å². The lowest BCUT2D eigenvalue weighted by atomic mass is 10.0. The van der Waals surface area contributed by atoms with E-state index < -0.39 is 0 Å². The van der Waals surface area contributed by atoms with Crippen molar-refractivity contribution in [3.05, 3.63) is 36.5 Å². The average Bonchev–Trinajstić information content (AvgIpc) is 2.87. The standard InChI is InChI=1S/C12H16/c1-2-7-12(9-10-12)8-3-4-11-5-6-11/h2-4,8H,1,5-7,9-10H2/b8-3+. The third-order valence-corrected chi connectivity index (χ3v) is 2.76. The summed E-state index contributed by atoms with van der Waals surface area (Å²) in [5.74, 6) is 0. The second-order valence-electron chi connectivity index (χ2n) is 4.04. The summed E-state index contributed by atoms with van der Waals surface area (Å²) >= 11 is 0. The summed E-state index contributed by atoms with van der Waals surface area (Å²) in [6, 6.07) is 0. The van der Waals surface area contributed by atoms with Gasteiger partial charge in [-0.2, -0.15) is 0 Å². The molecular weight excluding hydrogens is 144 g/mol. The number of allylic oxidation sites excluding steroid dienone is 5. The molecule has 2 aliphatic rings. The summed E-state index contributed by atoms with van der Waals surface area (Å²) in [5, 5.41) is 0. The summed E-state index contributed by atoms with van der Waals surface area (Å²) < 4.78 is 0. The van der Waals surface area contributed by atoms with Crippen molar-refractivity contribution >= 4 is 0 Å². The van der Waals surface area contributed by atoms with Crippen molar-refractivity contribution in [1.29, 1.82) is 0 Å². The van der Waals surface area contributed by atoms with Crippen LogP contribution in [0.3, 0.4) is 0 Å². The normalized spacial score (nSPS) is 24.2. The molecule has 2 aliphatic carbocycles. The number of hydrogen-bond acceptors (Lipinski definition) is 0. The van der Waals surface area contributed by atoms with Gasteiger partial charge in [0.1, 0.15) is 0 Å². The van der Waals surface area contributed by atoms with Crippen LogP contribution in [0.25, 0.3) is 0 Å². The van der Waals surface area contributed by atoms with Crippen LogP contribution >= 0.6 is 0 Å². The highest BCUT2D eigenvalue weighted by Crippen LogP contribution is 2.50. The summed E-state index contributed by atoms with van der Waals surface area (Å²) in [7, 11) is 0. The Hall–Kier alpha value is -0.780. The molecule has 0 spiro atoms. The maximum atomic E-state index is 3.79. The van der Waals surface area contributed by atoms with Gasteiger partial charge < -0.3 is 0 Å². The molecule has 0 aromatic carbocycles. The summed E-state index contributed by atoms with van der Waals surface area (Å²) in [6.07, 6.45) is 15.5. The molecule has 2 saturated carbocycles. The van der Waals surface area contributed by atoms with Gasteiger partial charge in [0.25, 0.3) is 0 Å². The third kappa shape index (κ3) is 1.88. The van der Waals surface area contributed by atoms with Crippen molar-refractivity contribution in [2.75, 3.05) is 0 Å². The molecule has 0 saturated heterocycles. The highest BCUT2D eigenvalue weighted by molar-refractivity contribution is 5.25. The fraction of sp³-hybridized carbons (Fsp3) is 0.500. The molecule has 0 heterocycles. The Labute approximate surface area is 74.7 Å². The molecule has 0 aromatic heterocycles. The Morgan fingerprint density at radius 1 is 1.33 bits per heavy atom. The van der Waals surface area contributed by atoms with Gasteiger partial charge in [-0.15, -0.1) is 6.58 Å². The average molecular weight is 160 g/mol. The number of hydrogen-bond donors (Lipinski definition) is 0. The van der Waals surface area contributed by atoms with Crippen LogP contribution in [0.15, 0.2) is 36.5 Å². The van der Waals surface area contributed by atoms with E-state index in [1.54, 1.807) is 5.57 Å². The predicted octanol–water partition coefficient (Wildman–Crippen LogP) is 3.62. The van der Waals surface area contributed by atoms with Gasteiger partial charge in [0.2, 0.25) is 0 Å². The van der Waals surface area contributed by atoms with Crippen LogP contribution in [-0.4, -0.2) is 0 Å². The fourth-order valence-corrected chi connectivity index (χ4v) is 1.51. The lowest BCUT2D eigenvalue weighted by molar-refractivity contribution is 0.667. The lowest BCUT2D eigenvalue weighted by Gasteiger charge is -2.03. The SMILES string of the molecule is C=CCC1(/C=C/C=C2CC2)CC1. The molecule has 12 heavy (non-hydrogen) atoms. The zero-order chi connectivity index (χ0) is 8.44. The molecule has 0 aromatic rings. The quantitative estimate of drug-likeness (QED) is 0.551. The van der Waals surface area contributed by atoms with E-state index in [-0.39, 0.29) is 0 Å².